The predicted molar refractivity (Wildman–Crippen MR) is 87.4 cm³/mol. The Morgan fingerprint density at radius 2 is 2.29 bits per heavy atom. The summed E-state index contributed by atoms with van der Waals surface area (Å²) < 4.78 is 1.80. The molecule has 2 aromatic rings. The van der Waals surface area contributed by atoms with Gasteiger partial charge in [-0.1, -0.05) is 11.6 Å². The molecule has 0 bridgehead atoms. The topological polar surface area (TPSA) is 80.0 Å². The third kappa shape index (κ3) is 2.09. The van der Waals surface area contributed by atoms with Crippen LogP contribution in [-0.4, -0.2) is 37.9 Å². The number of hydrogen-bond donors (Lipinski definition) is 2. The first-order chi connectivity index (χ1) is 11.6. The van der Waals surface area contributed by atoms with E-state index in [1.54, 1.807) is 16.9 Å². The Labute approximate surface area is 143 Å². The molecule has 1 amide bonds. The van der Waals surface area contributed by atoms with Gasteiger partial charge in [0.05, 0.1) is 22.9 Å². The Balaban J connectivity index is 1.55. The molecule has 0 radical (unpaired) electrons. The molecule has 3 aliphatic carbocycles. The molecule has 7 heteroatoms. The summed E-state index contributed by atoms with van der Waals surface area (Å²) >= 11 is 5.92. The van der Waals surface area contributed by atoms with Crippen LogP contribution in [0.4, 0.5) is 0 Å². The van der Waals surface area contributed by atoms with Crippen LogP contribution in [0.25, 0.3) is 5.82 Å². The zero-order chi connectivity index (χ0) is 16.5. The van der Waals surface area contributed by atoms with Crippen molar-refractivity contribution in [2.24, 2.45) is 5.92 Å². The zero-order valence-electron chi connectivity index (χ0n) is 13.0. The Morgan fingerprint density at radius 3 is 2.96 bits per heavy atom. The lowest BCUT2D eigenvalue weighted by Crippen LogP contribution is -2.40. The predicted octanol–water partition coefficient (Wildman–Crippen LogP) is 1.83. The number of halogens is 1. The van der Waals surface area contributed by atoms with Crippen LogP contribution in [-0.2, 0) is 6.42 Å². The maximum atomic E-state index is 12.7. The molecule has 0 aromatic carbocycles. The molecule has 2 heterocycles. The van der Waals surface area contributed by atoms with E-state index in [0.29, 0.717) is 28.4 Å². The SMILES string of the molecule is O=C(NC1(CO)CC1)c1nn(-c2ccc(Cl)cn2)c2c1C[C@@H]1C[C@H]21. The lowest BCUT2D eigenvalue weighted by Gasteiger charge is -2.13. The molecule has 2 saturated carbocycles. The molecule has 6 nitrogen and oxygen atoms in total. The maximum absolute atomic E-state index is 12.7. The number of fused-ring (bicyclic) bond motifs is 3. The van der Waals surface area contributed by atoms with Crippen molar-refractivity contribution in [1.29, 1.82) is 0 Å². The molecular formula is C17H17ClN4O2. The number of amides is 1. The molecule has 2 aromatic heterocycles. The Bertz CT molecular complexity index is 841. The van der Waals surface area contributed by atoms with Gasteiger partial charge in [0.15, 0.2) is 11.5 Å². The van der Waals surface area contributed by atoms with E-state index in [-0.39, 0.29) is 12.5 Å². The van der Waals surface area contributed by atoms with Crippen LogP contribution in [0.5, 0.6) is 0 Å². The van der Waals surface area contributed by atoms with Crippen LogP contribution in [0.3, 0.4) is 0 Å². The van der Waals surface area contributed by atoms with E-state index in [1.165, 1.54) is 0 Å². The highest BCUT2D eigenvalue weighted by molar-refractivity contribution is 6.30. The molecule has 5 rings (SSSR count). The normalized spacial score (nSPS) is 25.1. The van der Waals surface area contributed by atoms with E-state index >= 15 is 0 Å². The monoisotopic (exact) mass is 344 g/mol. The van der Waals surface area contributed by atoms with Gasteiger partial charge in [-0.15, -0.1) is 0 Å². The fourth-order valence-corrected chi connectivity index (χ4v) is 3.85. The molecule has 2 N–H and O–H groups in total. The average molecular weight is 345 g/mol. The fraction of sp³-hybridized carbons (Fsp3) is 0.471. The third-order valence-electron chi connectivity index (χ3n) is 5.44. The molecule has 0 spiro atoms. The maximum Gasteiger partial charge on any atom is 0.272 e. The third-order valence-corrected chi connectivity index (χ3v) is 5.67. The Hall–Kier alpha value is -1.92. The minimum absolute atomic E-state index is 0.0222. The van der Waals surface area contributed by atoms with Gasteiger partial charge in [0, 0.05) is 17.7 Å². The summed E-state index contributed by atoms with van der Waals surface area (Å²) in [5, 5.41) is 17.5. The van der Waals surface area contributed by atoms with Crippen LogP contribution in [0.2, 0.25) is 5.02 Å². The van der Waals surface area contributed by atoms with Gasteiger partial charge in [-0.05, 0) is 43.7 Å². The van der Waals surface area contributed by atoms with Crippen molar-refractivity contribution in [3.8, 4) is 5.82 Å². The first kappa shape index (κ1) is 14.4. The van der Waals surface area contributed by atoms with E-state index in [4.69, 9.17) is 11.6 Å². The first-order valence-electron chi connectivity index (χ1n) is 8.27. The number of pyridine rings is 1. The van der Waals surface area contributed by atoms with Crippen molar-refractivity contribution in [2.75, 3.05) is 6.61 Å². The second-order valence-electron chi connectivity index (χ2n) is 7.16. The summed E-state index contributed by atoms with van der Waals surface area (Å²) in [6.45, 7) is -0.0222. The number of rotatable bonds is 4. The van der Waals surface area contributed by atoms with E-state index in [2.05, 4.69) is 15.4 Å². The summed E-state index contributed by atoms with van der Waals surface area (Å²) in [4.78, 5) is 17.1. The molecule has 0 aliphatic heterocycles. The molecule has 2 fully saturated rings. The van der Waals surface area contributed by atoms with Gasteiger partial charge in [-0.2, -0.15) is 5.10 Å². The highest BCUT2D eigenvalue weighted by Crippen LogP contribution is 2.57. The summed E-state index contributed by atoms with van der Waals surface area (Å²) in [5.41, 5.74) is 2.20. The number of nitrogens with zero attached hydrogens (tertiary/aromatic N) is 3. The fourth-order valence-electron chi connectivity index (χ4n) is 3.74. The largest absolute Gasteiger partial charge is 0.394 e. The van der Waals surface area contributed by atoms with Gasteiger partial charge in [0.1, 0.15) is 0 Å². The molecular weight excluding hydrogens is 328 g/mol. The van der Waals surface area contributed by atoms with Crippen LogP contribution in [0.15, 0.2) is 18.3 Å². The van der Waals surface area contributed by atoms with Crippen molar-refractivity contribution in [1.82, 2.24) is 20.1 Å². The van der Waals surface area contributed by atoms with Gasteiger partial charge in [-0.3, -0.25) is 4.79 Å². The van der Waals surface area contributed by atoms with Crippen molar-refractivity contribution < 1.29 is 9.90 Å². The van der Waals surface area contributed by atoms with Gasteiger partial charge < -0.3 is 10.4 Å². The summed E-state index contributed by atoms with van der Waals surface area (Å²) in [6, 6.07) is 3.60. The van der Waals surface area contributed by atoms with Gasteiger partial charge in [-0.25, -0.2) is 9.67 Å². The van der Waals surface area contributed by atoms with E-state index in [1.807, 2.05) is 6.07 Å². The van der Waals surface area contributed by atoms with E-state index in [9.17, 15) is 9.90 Å². The van der Waals surface area contributed by atoms with Gasteiger partial charge in [0.2, 0.25) is 0 Å². The van der Waals surface area contributed by atoms with E-state index < -0.39 is 5.54 Å². The molecule has 3 aliphatic rings. The van der Waals surface area contributed by atoms with Gasteiger partial charge >= 0.3 is 0 Å². The number of aliphatic hydroxyl groups is 1. The lowest BCUT2D eigenvalue weighted by molar-refractivity contribution is 0.0900. The highest BCUT2D eigenvalue weighted by Gasteiger charge is 2.51. The van der Waals surface area contributed by atoms with Crippen LogP contribution in [0, 0.1) is 5.92 Å². The highest BCUT2D eigenvalue weighted by atomic mass is 35.5. The molecule has 0 unspecified atom stereocenters. The number of aromatic nitrogens is 3. The summed E-state index contributed by atoms with van der Waals surface area (Å²) in [5.74, 6) is 1.62. The number of hydrogen-bond acceptors (Lipinski definition) is 4. The Morgan fingerprint density at radius 1 is 1.46 bits per heavy atom. The number of nitrogens with one attached hydrogen (secondary N) is 1. The first-order valence-corrected chi connectivity index (χ1v) is 8.65. The summed E-state index contributed by atoms with van der Waals surface area (Å²) in [6.07, 6.45) is 5.30. The second kappa shape index (κ2) is 4.80. The zero-order valence-corrected chi connectivity index (χ0v) is 13.8. The van der Waals surface area contributed by atoms with Gasteiger partial charge in [0.25, 0.3) is 5.91 Å². The minimum Gasteiger partial charge on any atom is -0.394 e. The molecule has 0 saturated heterocycles. The number of aliphatic hydroxyl groups excluding tert-OH is 1. The smallest absolute Gasteiger partial charge is 0.272 e. The van der Waals surface area contributed by atoms with Crippen molar-refractivity contribution in [3.05, 3.63) is 40.3 Å². The number of carbonyl (C=O) groups is 1. The van der Waals surface area contributed by atoms with Crippen molar-refractivity contribution in [2.45, 2.75) is 37.1 Å². The van der Waals surface area contributed by atoms with Crippen molar-refractivity contribution in [3.63, 3.8) is 0 Å². The van der Waals surface area contributed by atoms with Crippen LogP contribution in [0.1, 0.15) is 46.9 Å². The summed E-state index contributed by atoms with van der Waals surface area (Å²) in [7, 11) is 0. The minimum atomic E-state index is -0.437. The molecule has 124 valence electrons. The molecule has 24 heavy (non-hydrogen) atoms. The standard InChI is InChI=1S/C17H17ClN4O2/c18-10-1-2-13(19-7-10)22-15-11-5-9(11)6-12(15)14(21-22)16(24)20-17(8-23)3-4-17/h1-2,7,9,11,23H,3-6,8H2,(H,20,24)/t9-,11-/m0/s1. The second-order valence-corrected chi connectivity index (χ2v) is 7.59. The van der Waals surface area contributed by atoms with Crippen molar-refractivity contribution >= 4 is 17.5 Å². The average Bonchev–Trinajstić information content (AvgIpc) is 3.45. The molecule has 2 atom stereocenters. The van der Waals surface area contributed by atoms with Crippen LogP contribution < -0.4 is 5.32 Å². The van der Waals surface area contributed by atoms with E-state index in [0.717, 1.165) is 36.9 Å². The Kier molecular flexibility index (Phi) is 2.89. The lowest BCUT2D eigenvalue weighted by atomic mass is 10.1. The number of carbonyl (C=O) groups excluding carboxylic acids is 1. The quantitative estimate of drug-likeness (QED) is 0.886. The van der Waals surface area contributed by atoms with Crippen LogP contribution >= 0.6 is 11.6 Å².